The van der Waals surface area contributed by atoms with Gasteiger partial charge in [-0.05, 0) is 46.0 Å². The van der Waals surface area contributed by atoms with Gasteiger partial charge in [0.2, 0.25) is 0 Å². The van der Waals surface area contributed by atoms with Gasteiger partial charge >= 0.3 is 0 Å². The molecule has 1 heterocycles. The first-order chi connectivity index (χ1) is 11.1. The van der Waals surface area contributed by atoms with E-state index in [1.54, 1.807) is 7.11 Å². The van der Waals surface area contributed by atoms with Crippen LogP contribution in [0.3, 0.4) is 0 Å². The van der Waals surface area contributed by atoms with Crippen LogP contribution in [0.25, 0.3) is 0 Å². The van der Waals surface area contributed by atoms with Crippen molar-refractivity contribution in [2.45, 2.75) is 45.6 Å². The molecule has 144 valence electrons. The maximum absolute atomic E-state index is 5.77. The van der Waals surface area contributed by atoms with E-state index in [9.17, 15) is 0 Å². The summed E-state index contributed by atoms with van der Waals surface area (Å²) in [5.41, 5.74) is -0.241. The van der Waals surface area contributed by atoms with Gasteiger partial charge in [-0.3, -0.25) is 4.99 Å². The molecule has 0 aliphatic carbocycles. The number of rotatable bonds is 10. The minimum atomic E-state index is -0.241. The molecule has 0 aromatic rings. The molecule has 1 aliphatic rings. The lowest BCUT2D eigenvalue weighted by Gasteiger charge is -2.22. The van der Waals surface area contributed by atoms with Crippen molar-refractivity contribution in [3.05, 3.63) is 0 Å². The number of ether oxygens (including phenoxy) is 3. The second-order valence-electron chi connectivity index (χ2n) is 6.57. The van der Waals surface area contributed by atoms with Gasteiger partial charge in [0.05, 0.1) is 12.1 Å². The first kappa shape index (κ1) is 23.9. The molecule has 0 atom stereocenters. The van der Waals surface area contributed by atoms with Gasteiger partial charge in [-0.1, -0.05) is 0 Å². The minimum Gasteiger partial charge on any atom is -0.381 e. The molecule has 0 bridgehead atoms. The van der Waals surface area contributed by atoms with Crippen molar-refractivity contribution in [3.8, 4) is 0 Å². The normalized spacial score (nSPS) is 16.6. The van der Waals surface area contributed by atoms with Gasteiger partial charge < -0.3 is 24.8 Å². The number of aliphatic imine (C=N–C) groups is 1. The predicted molar refractivity (Wildman–Crippen MR) is 109 cm³/mol. The Hall–Kier alpha value is -0.120. The van der Waals surface area contributed by atoms with E-state index in [-0.39, 0.29) is 29.6 Å². The molecule has 1 aliphatic heterocycles. The van der Waals surface area contributed by atoms with Crippen molar-refractivity contribution in [2.24, 2.45) is 10.9 Å². The van der Waals surface area contributed by atoms with Crippen molar-refractivity contribution in [1.29, 1.82) is 0 Å². The highest BCUT2D eigenvalue weighted by Crippen LogP contribution is 2.14. The van der Waals surface area contributed by atoms with Crippen LogP contribution in [-0.2, 0) is 14.2 Å². The van der Waals surface area contributed by atoms with E-state index < -0.39 is 0 Å². The summed E-state index contributed by atoms with van der Waals surface area (Å²) in [5, 5.41) is 6.59. The van der Waals surface area contributed by atoms with Crippen molar-refractivity contribution >= 4 is 29.9 Å². The van der Waals surface area contributed by atoms with Gasteiger partial charge in [0, 0.05) is 46.6 Å². The Morgan fingerprint density at radius 2 is 1.96 bits per heavy atom. The second kappa shape index (κ2) is 14.1. The summed E-state index contributed by atoms with van der Waals surface area (Å²) >= 11 is 0. The monoisotopic (exact) mass is 457 g/mol. The van der Waals surface area contributed by atoms with Gasteiger partial charge in [-0.25, -0.2) is 0 Å². The molecule has 6 nitrogen and oxygen atoms in total. The van der Waals surface area contributed by atoms with Gasteiger partial charge in [0.1, 0.15) is 0 Å². The van der Waals surface area contributed by atoms with Crippen LogP contribution in [-0.4, -0.2) is 64.7 Å². The Morgan fingerprint density at radius 1 is 1.25 bits per heavy atom. The van der Waals surface area contributed by atoms with Crippen molar-refractivity contribution < 1.29 is 14.2 Å². The van der Waals surface area contributed by atoms with Gasteiger partial charge in [0.15, 0.2) is 5.96 Å². The third kappa shape index (κ3) is 11.4. The van der Waals surface area contributed by atoms with Gasteiger partial charge in [0.25, 0.3) is 0 Å². The summed E-state index contributed by atoms with van der Waals surface area (Å²) in [7, 11) is 1.71. The van der Waals surface area contributed by atoms with Crippen LogP contribution < -0.4 is 10.6 Å². The van der Waals surface area contributed by atoms with Crippen LogP contribution >= 0.6 is 24.0 Å². The third-order valence-corrected chi connectivity index (χ3v) is 3.97. The Balaban J connectivity index is 0.00000529. The van der Waals surface area contributed by atoms with Crippen molar-refractivity contribution in [3.63, 3.8) is 0 Å². The molecule has 0 aromatic heterocycles. The lowest BCUT2D eigenvalue weighted by Crippen LogP contribution is -2.39. The summed E-state index contributed by atoms with van der Waals surface area (Å²) in [6, 6.07) is 0. The topological polar surface area (TPSA) is 64.1 Å². The number of nitrogens with one attached hydrogen (secondary N) is 2. The van der Waals surface area contributed by atoms with Crippen LogP contribution in [0, 0.1) is 5.92 Å². The maximum Gasteiger partial charge on any atom is 0.191 e. The molecule has 2 N–H and O–H groups in total. The summed E-state index contributed by atoms with van der Waals surface area (Å²) in [4.78, 5) is 4.56. The molecule has 0 aromatic carbocycles. The summed E-state index contributed by atoms with van der Waals surface area (Å²) < 4.78 is 16.5. The maximum atomic E-state index is 5.77. The zero-order valence-electron chi connectivity index (χ0n) is 15.7. The van der Waals surface area contributed by atoms with Gasteiger partial charge in [-0.15, -0.1) is 24.0 Å². The lowest BCUT2D eigenvalue weighted by atomic mass is 10.0. The molecular formula is C17H36IN3O3. The number of methoxy groups -OCH3 is 1. The molecule has 1 saturated heterocycles. The van der Waals surface area contributed by atoms with E-state index in [0.29, 0.717) is 12.5 Å². The van der Waals surface area contributed by atoms with E-state index in [0.717, 1.165) is 64.7 Å². The van der Waals surface area contributed by atoms with Crippen LogP contribution in [0.2, 0.25) is 0 Å². The summed E-state index contributed by atoms with van der Waals surface area (Å²) in [6.45, 7) is 11.9. The smallest absolute Gasteiger partial charge is 0.191 e. The number of hydrogen-bond acceptors (Lipinski definition) is 4. The number of halogens is 1. The van der Waals surface area contributed by atoms with Gasteiger partial charge in [-0.2, -0.15) is 0 Å². The first-order valence-electron chi connectivity index (χ1n) is 8.80. The fourth-order valence-corrected chi connectivity index (χ4v) is 2.22. The van der Waals surface area contributed by atoms with E-state index >= 15 is 0 Å². The Labute approximate surface area is 164 Å². The zero-order chi connectivity index (χ0) is 17.0. The standard InChI is InChI=1S/C17H35N3O3.HI/c1-5-18-16(20-14-17(2,3)21-4)19-9-6-10-23-13-15-7-11-22-12-8-15;/h15H,5-14H2,1-4H3,(H2,18,19,20);1H. The van der Waals surface area contributed by atoms with Crippen LogP contribution in [0.4, 0.5) is 0 Å². The molecule has 1 fully saturated rings. The Bertz CT molecular complexity index is 335. The van der Waals surface area contributed by atoms with E-state index in [4.69, 9.17) is 14.2 Å². The average molecular weight is 457 g/mol. The highest BCUT2D eigenvalue weighted by Gasteiger charge is 2.16. The fourth-order valence-electron chi connectivity index (χ4n) is 2.22. The van der Waals surface area contributed by atoms with Crippen LogP contribution in [0.15, 0.2) is 4.99 Å². The minimum absolute atomic E-state index is 0. The molecule has 7 heteroatoms. The SMILES string of the molecule is CCNC(=NCC(C)(C)OC)NCCCOCC1CCOCC1.I. The van der Waals surface area contributed by atoms with E-state index in [2.05, 4.69) is 22.5 Å². The van der Waals surface area contributed by atoms with E-state index in [1.165, 1.54) is 0 Å². The Morgan fingerprint density at radius 3 is 2.58 bits per heavy atom. The number of nitrogens with zero attached hydrogens (tertiary/aromatic N) is 1. The quantitative estimate of drug-likeness (QED) is 0.228. The Kier molecular flexibility index (Phi) is 14.0. The predicted octanol–water partition coefficient (Wildman–Crippen LogP) is 2.42. The molecule has 1 rings (SSSR count). The summed E-state index contributed by atoms with van der Waals surface area (Å²) in [5.74, 6) is 1.51. The molecule has 0 spiro atoms. The first-order valence-corrected chi connectivity index (χ1v) is 8.80. The van der Waals surface area contributed by atoms with Crippen molar-refractivity contribution in [1.82, 2.24) is 10.6 Å². The molecule has 0 saturated carbocycles. The number of guanidine groups is 1. The molecule has 0 unspecified atom stereocenters. The number of hydrogen-bond donors (Lipinski definition) is 2. The second-order valence-corrected chi connectivity index (χ2v) is 6.57. The molecular weight excluding hydrogens is 421 g/mol. The molecule has 0 amide bonds. The summed E-state index contributed by atoms with van der Waals surface area (Å²) in [6.07, 6.45) is 3.23. The largest absolute Gasteiger partial charge is 0.381 e. The van der Waals surface area contributed by atoms with Crippen LogP contribution in [0.1, 0.15) is 40.0 Å². The highest BCUT2D eigenvalue weighted by molar-refractivity contribution is 14.0. The third-order valence-electron chi connectivity index (χ3n) is 3.97. The molecule has 24 heavy (non-hydrogen) atoms. The fraction of sp³-hybridized carbons (Fsp3) is 0.941. The van der Waals surface area contributed by atoms with Crippen molar-refractivity contribution in [2.75, 3.05) is 53.2 Å². The lowest BCUT2D eigenvalue weighted by molar-refractivity contribution is 0.0203. The zero-order valence-corrected chi connectivity index (χ0v) is 18.1. The van der Waals surface area contributed by atoms with Crippen LogP contribution in [0.5, 0.6) is 0 Å². The highest BCUT2D eigenvalue weighted by atomic mass is 127. The van der Waals surface area contributed by atoms with E-state index in [1.807, 2.05) is 13.8 Å². The molecule has 0 radical (unpaired) electrons. The average Bonchev–Trinajstić information content (AvgIpc) is 2.56.